The SMILES string of the molecule is O=C(CCCn1nc(-c2ccc(F)cc2)ccc1=O)Nc1ccccc1. The summed E-state index contributed by atoms with van der Waals surface area (Å²) in [6, 6.07) is 18.2. The molecule has 5 nitrogen and oxygen atoms in total. The third kappa shape index (κ3) is 4.63. The Hall–Kier alpha value is -3.28. The topological polar surface area (TPSA) is 64.0 Å². The molecule has 1 aromatic heterocycles. The van der Waals surface area contributed by atoms with Crippen LogP contribution in [0.2, 0.25) is 0 Å². The van der Waals surface area contributed by atoms with E-state index < -0.39 is 0 Å². The molecule has 3 rings (SSSR count). The largest absolute Gasteiger partial charge is 0.326 e. The Kier molecular flexibility index (Phi) is 5.53. The van der Waals surface area contributed by atoms with Crippen LogP contribution in [0.5, 0.6) is 0 Å². The molecule has 0 spiro atoms. The summed E-state index contributed by atoms with van der Waals surface area (Å²) in [5.74, 6) is -0.439. The van der Waals surface area contributed by atoms with Gasteiger partial charge in [0.2, 0.25) is 5.91 Å². The molecule has 0 saturated heterocycles. The molecule has 0 unspecified atom stereocenters. The summed E-state index contributed by atoms with van der Waals surface area (Å²) in [5.41, 5.74) is 1.81. The number of para-hydroxylation sites is 1. The van der Waals surface area contributed by atoms with Crippen LogP contribution in [0.25, 0.3) is 11.3 Å². The summed E-state index contributed by atoms with van der Waals surface area (Å²) in [7, 11) is 0. The second-order valence-electron chi connectivity index (χ2n) is 5.80. The van der Waals surface area contributed by atoms with Crippen molar-refractivity contribution >= 4 is 11.6 Å². The van der Waals surface area contributed by atoms with Crippen molar-refractivity contribution in [2.24, 2.45) is 0 Å². The number of aromatic nitrogens is 2. The monoisotopic (exact) mass is 351 g/mol. The molecule has 26 heavy (non-hydrogen) atoms. The van der Waals surface area contributed by atoms with Gasteiger partial charge in [0.15, 0.2) is 0 Å². The van der Waals surface area contributed by atoms with E-state index in [-0.39, 0.29) is 23.7 Å². The molecule has 132 valence electrons. The number of hydrogen-bond donors (Lipinski definition) is 1. The highest BCUT2D eigenvalue weighted by atomic mass is 19.1. The van der Waals surface area contributed by atoms with E-state index in [1.54, 1.807) is 18.2 Å². The number of aryl methyl sites for hydroxylation is 1. The van der Waals surface area contributed by atoms with Crippen LogP contribution in [0.4, 0.5) is 10.1 Å². The summed E-state index contributed by atoms with van der Waals surface area (Å²) in [6.07, 6.45) is 0.766. The zero-order valence-corrected chi connectivity index (χ0v) is 14.1. The number of carbonyl (C=O) groups is 1. The number of carbonyl (C=O) groups excluding carboxylic acids is 1. The highest BCUT2D eigenvalue weighted by molar-refractivity contribution is 5.90. The van der Waals surface area contributed by atoms with Gasteiger partial charge in [-0.15, -0.1) is 0 Å². The number of amides is 1. The molecule has 1 N–H and O–H groups in total. The quantitative estimate of drug-likeness (QED) is 0.740. The minimum Gasteiger partial charge on any atom is -0.326 e. The lowest BCUT2D eigenvalue weighted by atomic mass is 10.1. The zero-order valence-electron chi connectivity index (χ0n) is 14.1. The van der Waals surface area contributed by atoms with Gasteiger partial charge in [-0.05, 0) is 48.9 Å². The molecular weight excluding hydrogens is 333 g/mol. The number of hydrogen-bond acceptors (Lipinski definition) is 3. The second-order valence-corrected chi connectivity index (χ2v) is 5.80. The third-order valence-electron chi connectivity index (χ3n) is 3.84. The Bertz CT molecular complexity index is 937. The van der Waals surface area contributed by atoms with Crippen molar-refractivity contribution in [2.75, 3.05) is 5.32 Å². The van der Waals surface area contributed by atoms with Gasteiger partial charge in [0.05, 0.1) is 5.69 Å². The highest BCUT2D eigenvalue weighted by Crippen LogP contribution is 2.15. The molecule has 0 aliphatic heterocycles. The molecule has 0 radical (unpaired) electrons. The van der Waals surface area contributed by atoms with Gasteiger partial charge in [-0.2, -0.15) is 5.10 Å². The summed E-state index contributed by atoms with van der Waals surface area (Å²) in [5, 5.41) is 7.11. The van der Waals surface area contributed by atoms with Gasteiger partial charge < -0.3 is 5.32 Å². The van der Waals surface area contributed by atoms with E-state index in [0.29, 0.717) is 18.7 Å². The maximum atomic E-state index is 13.0. The lowest BCUT2D eigenvalue weighted by Crippen LogP contribution is -2.23. The first kappa shape index (κ1) is 17.5. The Morgan fingerprint density at radius 1 is 1.00 bits per heavy atom. The number of rotatable bonds is 6. The molecular formula is C20H18FN3O2. The van der Waals surface area contributed by atoms with E-state index in [1.807, 2.05) is 30.3 Å². The molecule has 0 saturated carbocycles. The van der Waals surface area contributed by atoms with E-state index in [9.17, 15) is 14.0 Å². The smallest absolute Gasteiger partial charge is 0.266 e. The van der Waals surface area contributed by atoms with Crippen molar-refractivity contribution in [3.8, 4) is 11.3 Å². The summed E-state index contributed by atoms with van der Waals surface area (Å²) in [6.45, 7) is 0.329. The fourth-order valence-corrected chi connectivity index (χ4v) is 2.52. The van der Waals surface area contributed by atoms with Crippen LogP contribution >= 0.6 is 0 Å². The van der Waals surface area contributed by atoms with Crippen molar-refractivity contribution in [1.29, 1.82) is 0 Å². The molecule has 0 aliphatic carbocycles. The van der Waals surface area contributed by atoms with Crippen LogP contribution in [0.3, 0.4) is 0 Å². The molecule has 1 heterocycles. The molecule has 0 fully saturated rings. The minimum absolute atomic E-state index is 0.112. The average Bonchev–Trinajstić information content (AvgIpc) is 2.65. The van der Waals surface area contributed by atoms with Crippen LogP contribution < -0.4 is 10.9 Å². The maximum Gasteiger partial charge on any atom is 0.266 e. The first-order chi connectivity index (χ1) is 12.6. The molecule has 3 aromatic rings. The van der Waals surface area contributed by atoms with E-state index in [4.69, 9.17) is 0 Å². The lowest BCUT2D eigenvalue weighted by molar-refractivity contribution is -0.116. The fourth-order valence-electron chi connectivity index (χ4n) is 2.52. The number of nitrogens with one attached hydrogen (secondary N) is 1. The summed E-state index contributed by atoms with van der Waals surface area (Å²) >= 11 is 0. The molecule has 0 bridgehead atoms. The van der Waals surface area contributed by atoms with E-state index in [0.717, 1.165) is 11.3 Å². The van der Waals surface area contributed by atoms with Gasteiger partial charge in [-0.25, -0.2) is 9.07 Å². The van der Waals surface area contributed by atoms with Crippen LogP contribution in [0, 0.1) is 5.82 Å². The first-order valence-corrected chi connectivity index (χ1v) is 8.31. The van der Waals surface area contributed by atoms with Gasteiger partial charge in [0, 0.05) is 30.3 Å². The number of nitrogens with zero attached hydrogens (tertiary/aromatic N) is 2. The summed E-state index contributed by atoms with van der Waals surface area (Å²) < 4.78 is 14.4. The van der Waals surface area contributed by atoms with Gasteiger partial charge in [-0.1, -0.05) is 18.2 Å². The average molecular weight is 351 g/mol. The van der Waals surface area contributed by atoms with Crippen molar-refractivity contribution in [1.82, 2.24) is 9.78 Å². The highest BCUT2D eigenvalue weighted by Gasteiger charge is 2.06. The first-order valence-electron chi connectivity index (χ1n) is 8.31. The minimum atomic E-state index is -0.327. The fraction of sp³-hybridized carbons (Fsp3) is 0.150. The number of halogens is 1. The van der Waals surface area contributed by atoms with Gasteiger partial charge in [0.1, 0.15) is 5.82 Å². The Labute approximate surface area is 150 Å². The maximum absolute atomic E-state index is 13.0. The molecule has 6 heteroatoms. The Balaban J connectivity index is 1.61. The predicted octanol–water partition coefficient (Wildman–Crippen LogP) is 3.47. The van der Waals surface area contributed by atoms with Crippen LogP contribution in [0.15, 0.2) is 71.5 Å². The van der Waals surface area contributed by atoms with Crippen molar-refractivity contribution < 1.29 is 9.18 Å². The van der Waals surface area contributed by atoms with Crippen LogP contribution in [0.1, 0.15) is 12.8 Å². The zero-order chi connectivity index (χ0) is 18.4. The van der Waals surface area contributed by atoms with E-state index in [2.05, 4.69) is 10.4 Å². The standard InChI is InChI=1S/C20H18FN3O2/c21-16-10-8-15(9-11-16)18-12-13-20(26)24(23-18)14-4-7-19(25)22-17-5-2-1-3-6-17/h1-3,5-6,8-13H,4,7,14H2,(H,22,25). The number of anilines is 1. The van der Waals surface area contributed by atoms with E-state index in [1.165, 1.54) is 22.9 Å². The molecule has 0 aliphatic rings. The van der Waals surface area contributed by atoms with Gasteiger partial charge in [0.25, 0.3) is 5.56 Å². The molecule has 2 aromatic carbocycles. The lowest BCUT2D eigenvalue weighted by Gasteiger charge is -2.08. The van der Waals surface area contributed by atoms with Gasteiger partial charge >= 0.3 is 0 Å². The van der Waals surface area contributed by atoms with Crippen LogP contribution in [-0.2, 0) is 11.3 Å². The van der Waals surface area contributed by atoms with Crippen molar-refractivity contribution in [3.05, 3.63) is 82.9 Å². The predicted molar refractivity (Wildman–Crippen MR) is 98.2 cm³/mol. The molecule has 0 atom stereocenters. The van der Waals surface area contributed by atoms with Gasteiger partial charge in [-0.3, -0.25) is 9.59 Å². The molecule has 1 amide bonds. The summed E-state index contributed by atoms with van der Waals surface area (Å²) in [4.78, 5) is 23.9. The normalized spacial score (nSPS) is 10.5. The van der Waals surface area contributed by atoms with Crippen molar-refractivity contribution in [3.63, 3.8) is 0 Å². The third-order valence-corrected chi connectivity index (χ3v) is 3.84. The Morgan fingerprint density at radius 2 is 1.73 bits per heavy atom. The van der Waals surface area contributed by atoms with E-state index >= 15 is 0 Å². The van der Waals surface area contributed by atoms with Crippen LogP contribution in [-0.4, -0.2) is 15.7 Å². The Morgan fingerprint density at radius 3 is 2.46 bits per heavy atom. The van der Waals surface area contributed by atoms with Crippen molar-refractivity contribution in [2.45, 2.75) is 19.4 Å². The number of benzene rings is 2. The second kappa shape index (κ2) is 8.20.